The zero-order valence-electron chi connectivity index (χ0n) is 17.7. The molecule has 5 nitrogen and oxygen atoms in total. The lowest BCUT2D eigenvalue weighted by molar-refractivity contribution is 0.117. The molecule has 6 heteroatoms. The minimum Gasteiger partial charge on any atom is -0.377 e. The molecule has 0 aliphatic carbocycles. The van der Waals surface area contributed by atoms with Gasteiger partial charge in [-0.2, -0.15) is 0 Å². The largest absolute Gasteiger partial charge is 0.377 e. The molecule has 0 atom stereocenters. The van der Waals surface area contributed by atoms with Crippen molar-refractivity contribution in [2.24, 2.45) is 10.9 Å². The van der Waals surface area contributed by atoms with Gasteiger partial charge in [0.2, 0.25) is 0 Å². The Morgan fingerprint density at radius 1 is 1.07 bits per heavy atom. The number of hydrogen-bond donors (Lipinski definition) is 2. The molecular weight excluding hydrogens is 463 g/mol. The highest BCUT2D eigenvalue weighted by Gasteiger charge is 2.14. The number of hydrogen-bond acceptors (Lipinski definition) is 3. The number of aliphatic imine (C=N–C) groups is 1. The quantitative estimate of drug-likeness (QED) is 0.209. The summed E-state index contributed by atoms with van der Waals surface area (Å²) in [5.74, 6) is 1.82. The van der Waals surface area contributed by atoms with E-state index in [9.17, 15) is 0 Å². The fourth-order valence-electron chi connectivity index (χ4n) is 3.32. The highest BCUT2D eigenvalue weighted by Crippen LogP contribution is 2.15. The summed E-state index contributed by atoms with van der Waals surface area (Å²) in [6.07, 6.45) is 6.02. The molecule has 1 aliphatic heterocycles. The van der Waals surface area contributed by atoms with Gasteiger partial charge >= 0.3 is 0 Å². The van der Waals surface area contributed by atoms with E-state index in [-0.39, 0.29) is 24.0 Å². The van der Waals surface area contributed by atoms with Gasteiger partial charge < -0.3 is 20.3 Å². The Bertz CT molecular complexity index is 519. The van der Waals surface area contributed by atoms with Crippen LogP contribution in [0, 0.1) is 5.92 Å². The topological polar surface area (TPSA) is 48.9 Å². The van der Waals surface area contributed by atoms with Crippen LogP contribution in [-0.4, -0.2) is 57.2 Å². The Morgan fingerprint density at radius 2 is 1.75 bits per heavy atom. The van der Waals surface area contributed by atoms with E-state index in [4.69, 9.17) is 4.74 Å². The molecule has 2 N–H and O–H groups in total. The van der Waals surface area contributed by atoms with Crippen LogP contribution in [0.2, 0.25) is 0 Å². The number of guanidine groups is 1. The second kappa shape index (κ2) is 16.0. The number of likely N-dealkylation sites (tertiary alicyclic amines) is 1. The number of ether oxygens (including phenoxy) is 1. The lowest BCUT2D eigenvalue weighted by Gasteiger charge is -2.30. The highest BCUT2D eigenvalue weighted by molar-refractivity contribution is 14.0. The van der Waals surface area contributed by atoms with Crippen molar-refractivity contribution >= 4 is 29.9 Å². The average molecular weight is 502 g/mol. The van der Waals surface area contributed by atoms with Crippen molar-refractivity contribution in [1.29, 1.82) is 0 Å². The molecule has 1 fully saturated rings. The second-order valence-corrected chi connectivity index (χ2v) is 7.55. The molecule has 1 aromatic carbocycles. The van der Waals surface area contributed by atoms with Crippen LogP contribution in [0.1, 0.15) is 44.6 Å². The molecule has 160 valence electrons. The normalized spacial score (nSPS) is 15.9. The van der Waals surface area contributed by atoms with Crippen LogP contribution >= 0.6 is 24.0 Å². The Labute approximate surface area is 188 Å². The fraction of sp³-hybridized carbons (Fsp3) is 0.682. The van der Waals surface area contributed by atoms with Gasteiger partial charge in [0.05, 0.1) is 6.61 Å². The van der Waals surface area contributed by atoms with Crippen molar-refractivity contribution in [2.75, 3.05) is 46.4 Å². The van der Waals surface area contributed by atoms with Gasteiger partial charge in [-0.1, -0.05) is 37.3 Å². The summed E-state index contributed by atoms with van der Waals surface area (Å²) in [7, 11) is 1.84. The van der Waals surface area contributed by atoms with E-state index in [1.165, 1.54) is 44.5 Å². The molecule has 0 saturated carbocycles. The Balaban J connectivity index is 0.00000392. The molecule has 0 aromatic heterocycles. The average Bonchev–Trinajstić information content (AvgIpc) is 2.71. The molecule has 1 aliphatic rings. The van der Waals surface area contributed by atoms with E-state index >= 15 is 0 Å². The van der Waals surface area contributed by atoms with Crippen molar-refractivity contribution in [2.45, 2.75) is 45.6 Å². The molecule has 0 amide bonds. The molecule has 1 saturated heterocycles. The van der Waals surface area contributed by atoms with Crippen LogP contribution in [0.3, 0.4) is 0 Å². The third kappa shape index (κ3) is 11.2. The van der Waals surface area contributed by atoms with Gasteiger partial charge in [-0.15, -0.1) is 24.0 Å². The Hall–Kier alpha value is -0.860. The zero-order chi connectivity index (χ0) is 19.2. The molecule has 28 heavy (non-hydrogen) atoms. The molecule has 0 unspecified atom stereocenters. The van der Waals surface area contributed by atoms with Gasteiger partial charge in [0.25, 0.3) is 0 Å². The smallest absolute Gasteiger partial charge is 0.190 e. The number of unbranched alkanes of at least 4 members (excludes halogenated alkanes) is 1. The maximum Gasteiger partial charge on any atom is 0.190 e. The van der Waals surface area contributed by atoms with Gasteiger partial charge in [-0.25, -0.2) is 0 Å². The van der Waals surface area contributed by atoms with E-state index in [1.54, 1.807) is 0 Å². The van der Waals surface area contributed by atoms with Crippen molar-refractivity contribution in [3.63, 3.8) is 0 Å². The van der Waals surface area contributed by atoms with Gasteiger partial charge in [0.15, 0.2) is 5.96 Å². The van der Waals surface area contributed by atoms with Gasteiger partial charge in [-0.3, -0.25) is 4.99 Å². The second-order valence-electron chi connectivity index (χ2n) is 7.55. The van der Waals surface area contributed by atoms with Crippen LogP contribution in [-0.2, 0) is 11.3 Å². The molecule has 0 radical (unpaired) electrons. The highest BCUT2D eigenvalue weighted by atomic mass is 127. The number of rotatable bonds is 11. The number of benzene rings is 1. The monoisotopic (exact) mass is 502 g/mol. The molecule has 1 heterocycles. The van der Waals surface area contributed by atoms with Crippen molar-refractivity contribution in [3.8, 4) is 0 Å². The summed E-state index contributed by atoms with van der Waals surface area (Å²) in [4.78, 5) is 6.90. The van der Waals surface area contributed by atoms with Crippen molar-refractivity contribution < 1.29 is 4.74 Å². The predicted octanol–water partition coefficient (Wildman–Crippen LogP) is 3.89. The van der Waals surface area contributed by atoms with Crippen LogP contribution in [0.5, 0.6) is 0 Å². The van der Waals surface area contributed by atoms with Crippen molar-refractivity contribution in [1.82, 2.24) is 15.5 Å². The Morgan fingerprint density at radius 3 is 2.43 bits per heavy atom. The van der Waals surface area contributed by atoms with E-state index in [0.717, 1.165) is 44.4 Å². The van der Waals surface area contributed by atoms with Crippen LogP contribution in [0.25, 0.3) is 0 Å². The van der Waals surface area contributed by atoms with E-state index < -0.39 is 0 Å². The van der Waals surface area contributed by atoms with Crippen LogP contribution in [0.15, 0.2) is 35.3 Å². The first kappa shape index (κ1) is 25.2. The van der Waals surface area contributed by atoms with Gasteiger partial charge in [0, 0.05) is 26.7 Å². The van der Waals surface area contributed by atoms with E-state index in [1.807, 2.05) is 25.2 Å². The summed E-state index contributed by atoms with van der Waals surface area (Å²) in [6, 6.07) is 10.3. The number of halogens is 1. The lowest BCUT2D eigenvalue weighted by Crippen LogP contribution is -2.40. The first-order valence-corrected chi connectivity index (χ1v) is 10.6. The van der Waals surface area contributed by atoms with Crippen molar-refractivity contribution in [3.05, 3.63) is 35.9 Å². The van der Waals surface area contributed by atoms with E-state index in [2.05, 4.69) is 39.6 Å². The van der Waals surface area contributed by atoms with Gasteiger partial charge in [0.1, 0.15) is 0 Å². The first-order chi connectivity index (χ1) is 13.3. The van der Waals surface area contributed by atoms with Crippen LogP contribution < -0.4 is 10.6 Å². The minimum absolute atomic E-state index is 0. The molecule has 0 bridgehead atoms. The Kier molecular flexibility index (Phi) is 14.4. The third-order valence-corrected chi connectivity index (χ3v) is 5.16. The van der Waals surface area contributed by atoms with Crippen LogP contribution in [0.4, 0.5) is 0 Å². The SMILES string of the molecule is CN=C(NCCCCOCc1ccccc1)NCCCN1CCC(C)CC1.I. The molecule has 2 rings (SSSR count). The first-order valence-electron chi connectivity index (χ1n) is 10.6. The number of piperidine rings is 1. The summed E-state index contributed by atoms with van der Waals surface area (Å²) in [6.45, 7) is 9.50. The number of nitrogens with one attached hydrogen (secondary N) is 2. The summed E-state index contributed by atoms with van der Waals surface area (Å²) in [5, 5.41) is 6.81. The zero-order valence-corrected chi connectivity index (χ0v) is 20.0. The molecule has 0 spiro atoms. The molecular formula is C22H39IN4O. The maximum atomic E-state index is 5.72. The third-order valence-electron chi connectivity index (χ3n) is 5.16. The summed E-state index contributed by atoms with van der Waals surface area (Å²) >= 11 is 0. The fourth-order valence-corrected chi connectivity index (χ4v) is 3.32. The van der Waals surface area contributed by atoms with E-state index in [0.29, 0.717) is 6.61 Å². The maximum absolute atomic E-state index is 5.72. The molecule has 1 aromatic rings. The minimum atomic E-state index is 0. The predicted molar refractivity (Wildman–Crippen MR) is 130 cm³/mol. The summed E-state index contributed by atoms with van der Waals surface area (Å²) in [5.41, 5.74) is 1.24. The standard InChI is InChI=1S/C22H38N4O.HI/c1-20-11-16-26(17-12-20)15-8-14-25-22(23-2)24-13-6-7-18-27-19-21-9-4-3-5-10-21;/h3-5,9-10,20H,6-8,11-19H2,1-2H3,(H2,23,24,25);1H. The lowest BCUT2D eigenvalue weighted by atomic mass is 9.99. The number of nitrogens with zero attached hydrogens (tertiary/aromatic N) is 2. The summed E-state index contributed by atoms with van der Waals surface area (Å²) < 4.78 is 5.72. The van der Waals surface area contributed by atoms with Gasteiger partial charge in [-0.05, 0) is 63.2 Å².